The van der Waals surface area contributed by atoms with Gasteiger partial charge in [0.25, 0.3) is 0 Å². The second-order valence-electron chi connectivity index (χ2n) is 3.87. The van der Waals surface area contributed by atoms with Crippen molar-refractivity contribution in [1.29, 1.82) is 0 Å². The minimum absolute atomic E-state index is 0.337. The Kier molecular flexibility index (Phi) is 2.33. The van der Waals surface area contributed by atoms with Crippen LogP contribution in [0.5, 0.6) is 5.75 Å². The number of fused-ring (bicyclic) bond motifs is 1. The minimum Gasteiger partial charge on any atom is -0.493 e. The summed E-state index contributed by atoms with van der Waals surface area (Å²) in [5.74, 6) is 0.904. The van der Waals surface area contributed by atoms with Crippen LogP contribution in [0.15, 0.2) is 30.6 Å². The van der Waals surface area contributed by atoms with Gasteiger partial charge in [0.2, 0.25) is 0 Å². The zero-order valence-corrected chi connectivity index (χ0v) is 9.09. The minimum atomic E-state index is 0.337. The molecule has 4 heteroatoms. The van der Waals surface area contributed by atoms with Crippen LogP contribution in [0, 0.1) is 0 Å². The molecule has 0 saturated carbocycles. The number of ether oxygens (including phenoxy) is 1. The van der Waals surface area contributed by atoms with Crippen molar-refractivity contribution < 1.29 is 9.53 Å². The Morgan fingerprint density at radius 3 is 3.12 bits per heavy atom. The maximum Gasteiger partial charge on any atom is 0.170 e. The Bertz CT molecular complexity index is 581. The van der Waals surface area contributed by atoms with Gasteiger partial charge in [0.05, 0.1) is 24.7 Å². The van der Waals surface area contributed by atoms with Crippen molar-refractivity contribution in [3.05, 3.63) is 41.9 Å². The van der Waals surface area contributed by atoms with Gasteiger partial charge in [-0.1, -0.05) is 12.1 Å². The van der Waals surface area contributed by atoms with Crippen LogP contribution in [0.2, 0.25) is 0 Å². The maximum absolute atomic E-state index is 10.7. The first kappa shape index (κ1) is 9.96. The number of aromatic nitrogens is 2. The molecular weight excluding hydrogens is 216 g/mol. The van der Waals surface area contributed by atoms with Gasteiger partial charge in [-0.2, -0.15) is 0 Å². The van der Waals surface area contributed by atoms with Crippen molar-refractivity contribution in [3.63, 3.8) is 0 Å². The van der Waals surface area contributed by atoms with E-state index >= 15 is 0 Å². The summed E-state index contributed by atoms with van der Waals surface area (Å²) >= 11 is 0. The fraction of sp³-hybridized carbons (Fsp3) is 0.154. The molecule has 1 aromatic carbocycles. The van der Waals surface area contributed by atoms with E-state index in [1.807, 2.05) is 18.2 Å². The van der Waals surface area contributed by atoms with Crippen LogP contribution in [-0.4, -0.2) is 22.9 Å². The second-order valence-corrected chi connectivity index (χ2v) is 3.87. The highest BCUT2D eigenvalue weighted by molar-refractivity contribution is 5.73. The van der Waals surface area contributed by atoms with Gasteiger partial charge < -0.3 is 4.74 Å². The topological polar surface area (TPSA) is 52.1 Å². The second kappa shape index (κ2) is 3.97. The first-order valence-corrected chi connectivity index (χ1v) is 5.40. The van der Waals surface area contributed by atoms with Crippen molar-refractivity contribution in [3.8, 4) is 17.0 Å². The lowest BCUT2D eigenvalue weighted by atomic mass is 10.1. The summed E-state index contributed by atoms with van der Waals surface area (Å²) in [5.41, 5.74) is 3.16. The molecule has 1 aliphatic heterocycles. The molecule has 0 saturated heterocycles. The van der Waals surface area contributed by atoms with Crippen molar-refractivity contribution in [1.82, 2.24) is 9.97 Å². The summed E-state index contributed by atoms with van der Waals surface area (Å²) < 4.78 is 5.50. The van der Waals surface area contributed by atoms with Gasteiger partial charge >= 0.3 is 0 Å². The Hall–Kier alpha value is -2.23. The zero-order chi connectivity index (χ0) is 11.7. The standard InChI is InChI=1S/C13H10N2O2/c16-8-11-6-14-7-12(15-11)10-2-1-9-3-4-17-13(9)5-10/h1-2,5-8H,3-4H2. The third-order valence-corrected chi connectivity index (χ3v) is 2.77. The van der Waals surface area contributed by atoms with E-state index < -0.39 is 0 Å². The zero-order valence-electron chi connectivity index (χ0n) is 9.09. The molecule has 2 heterocycles. The van der Waals surface area contributed by atoms with Crippen LogP contribution in [0.1, 0.15) is 16.1 Å². The molecule has 0 N–H and O–H groups in total. The van der Waals surface area contributed by atoms with Crippen LogP contribution in [-0.2, 0) is 6.42 Å². The number of hydrogen-bond donors (Lipinski definition) is 0. The van der Waals surface area contributed by atoms with Gasteiger partial charge in [0.1, 0.15) is 11.4 Å². The van der Waals surface area contributed by atoms with Crippen molar-refractivity contribution >= 4 is 6.29 Å². The lowest BCUT2D eigenvalue weighted by Crippen LogP contribution is -1.92. The first-order chi connectivity index (χ1) is 8.36. The molecule has 0 aliphatic carbocycles. The third-order valence-electron chi connectivity index (χ3n) is 2.77. The fourth-order valence-corrected chi connectivity index (χ4v) is 1.90. The van der Waals surface area contributed by atoms with Gasteiger partial charge in [0, 0.05) is 12.0 Å². The molecule has 0 atom stereocenters. The molecule has 0 unspecified atom stereocenters. The SMILES string of the molecule is O=Cc1cncc(-c2ccc3c(c2)OCC3)n1. The summed E-state index contributed by atoms with van der Waals surface area (Å²) in [5, 5.41) is 0. The van der Waals surface area contributed by atoms with Gasteiger partial charge in [0.15, 0.2) is 6.29 Å². The predicted octanol–water partition coefficient (Wildman–Crippen LogP) is 1.89. The average Bonchev–Trinajstić information content (AvgIpc) is 2.86. The third kappa shape index (κ3) is 1.78. The number of aldehydes is 1. The number of rotatable bonds is 2. The summed E-state index contributed by atoms with van der Waals surface area (Å²) in [6.45, 7) is 0.735. The average molecular weight is 226 g/mol. The van der Waals surface area contributed by atoms with E-state index in [1.54, 1.807) is 6.20 Å². The van der Waals surface area contributed by atoms with Crippen LogP contribution < -0.4 is 4.74 Å². The predicted molar refractivity (Wildman–Crippen MR) is 62.1 cm³/mol. The Balaban J connectivity index is 2.06. The molecule has 84 valence electrons. The molecule has 0 bridgehead atoms. The summed E-state index contributed by atoms with van der Waals surface area (Å²) in [6.07, 6.45) is 4.74. The number of hydrogen-bond acceptors (Lipinski definition) is 4. The highest BCUT2D eigenvalue weighted by Gasteiger charge is 2.13. The van der Waals surface area contributed by atoms with E-state index in [1.165, 1.54) is 11.8 Å². The molecule has 4 nitrogen and oxygen atoms in total. The summed E-state index contributed by atoms with van der Waals surface area (Å²) in [4.78, 5) is 18.8. The number of benzene rings is 1. The monoisotopic (exact) mass is 226 g/mol. The van der Waals surface area contributed by atoms with Crippen LogP contribution in [0.25, 0.3) is 11.3 Å². The smallest absolute Gasteiger partial charge is 0.170 e. The van der Waals surface area contributed by atoms with E-state index in [0.717, 1.165) is 24.3 Å². The molecule has 0 spiro atoms. The summed E-state index contributed by atoms with van der Waals surface area (Å²) in [7, 11) is 0. The lowest BCUT2D eigenvalue weighted by Gasteiger charge is -2.03. The molecular formula is C13H10N2O2. The Morgan fingerprint density at radius 2 is 2.24 bits per heavy atom. The van der Waals surface area contributed by atoms with Crippen molar-refractivity contribution in [2.24, 2.45) is 0 Å². The fourth-order valence-electron chi connectivity index (χ4n) is 1.90. The van der Waals surface area contributed by atoms with Crippen LogP contribution in [0.4, 0.5) is 0 Å². The molecule has 0 radical (unpaired) electrons. The molecule has 2 aromatic rings. The Morgan fingerprint density at radius 1 is 1.29 bits per heavy atom. The van der Waals surface area contributed by atoms with Gasteiger partial charge in [-0.25, -0.2) is 4.98 Å². The van der Waals surface area contributed by atoms with E-state index in [9.17, 15) is 4.79 Å². The van der Waals surface area contributed by atoms with E-state index in [-0.39, 0.29) is 0 Å². The molecule has 0 fully saturated rings. The van der Waals surface area contributed by atoms with Gasteiger partial charge in [-0.15, -0.1) is 0 Å². The quantitative estimate of drug-likeness (QED) is 0.734. The van der Waals surface area contributed by atoms with Gasteiger partial charge in [-0.05, 0) is 11.6 Å². The first-order valence-electron chi connectivity index (χ1n) is 5.40. The number of carbonyl (C=O) groups excluding carboxylic acids is 1. The van der Waals surface area contributed by atoms with E-state index in [2.05, 4.69) is 9.97 Å². The highest BCUT2D eigenvalue weighted by atomic mass is 16.5. The summed E-state index contributed by atoms with van der Waals surface area (Å²) in [6, 6.07) is 5.96. The normalized spacial score (nSPS) is 12.9. The molecule has 1 aliphatic rings. The highest BCUT2D eigenvalue weighted by Crippen LogP contribution is 2.29. The van der Waals surface area contributed by atoms with Crippen LogP contribution >= 0.6 is 0 Å². The molecule has 1 aromatic heterocycles. The van der Waals surface area contributed by atoms with E-state index in [0.29, 0.717) is 17.7 Å². The number of nitrogens with zero attached hydrogens (tertiary/aromatic N) is 2. The number of carbonyl (C=O) groups is 1. The molecule has 3 rings (SSSR count). The molecule has 17 heavy (non-hydrogen) atoms. The molecule has 0 amide bonds. The maximum atomic E-state index is 10.7. The van der Waals surface area contributed by atoms with E-state index in [4.69, 9.17) is 4.74 Å². The largest absolute Gasteiger partial charge is 0.493 e. The lowest BCUT2D eigenvalue weighted by molar-refractivity contribution is 0.111. The van der Waals surface area contributed by atoms with Crippen LogP contribution in [0.3, 0.4) is 0 Å². The van der Waals surface area contributed by atoms with Crippen molar-refractivity contribution in [2.45, 2.75) is 6.42 Å². The Labute approximate surface area is 98.3 Å². The van der Waals surface area contributed by atoms with Gasteiger partial charge in [-0.3, -0.25) is 9.78 Å². The van der Waals surface area contributed by atoms with Crippen molar-refractivity contribution in [2.75, 3.05) is 6.61 Å².